The molecule has 6 nitrogen and oxygen atoms in total. The molecule has 3 heterocycles. The average Bonchev–Trinajstić information content (AvgIpc) is 3.46. The molecule has 5 aromatic rings. The quantitative estimate of drug-likeness (QED) is 0.318. The molecule has 5 rings (SSSR count). The molecule has 7 heteroatoms. The van der Waals surface area contributed by atoms with Crippen LogP contribution in [0, 0.1) is 0 Å². The topological polar surface area (TPSA) is 70.2 Å². The highest BCUT2D eigenvalue weighted by atomic mass is 35.5. The zero-order chi connectivity index (χ0) is 22.1. The minimum Gasteiger partial charge on any atom is -0.497 e. The lowest BCUT2D eigenvalue weighted by Crippen LogP contribution is -2.02. The summed E-state index contributed by atoms with van der Waals surface area (Å²) in [6, 6.07) is 17.0. The number of carbonyl (C=O) groups excluding carboxylic acids is 1. The van der Waals surface area contributed by atoms with E-state index in [1.807, 2.05) is 65.4 Å². The lowest BCUT2D eigenvalue weighted by Gasteiger charge is -2.06. The molecule has 32 heavy (non-hydrogen) atoms. The summed E-state index contributed by atoms with van der Waals surface area (Å²) in [5.41, 5.74) is 3.80. The molecule has 0 aliphatic rings. The smallest absolute Gasteiger partial charge is 0.268 e. The summed E-state index contributed by atoms with van der Waals surface area (Å²) in [7, 11) is 1.60. The minimum atomic E-state index is -0.298. The predicted octanol–water partition coefficient (Wildman–Crippen LogP) is 5.63. The third-order valence-corrected chi connectivity index (χ3v) is 5.51. The number of pyridine rings is 1. The van der Waals surface area contributed by atoms with Crippen LogP contribution in [0.2, 0.25) is 5.02 Å². The van der Waals surface area contributed by atoms with Crippen molar-refractivity contribution in [1.82, 2.24) is 14.5 Å². The van der Waals surface area contributed by atoms with Gasteiger partial charge in [-0.1, -0.05) is 23.7 Å². The number of nitrogens with zero attached hydrogens (tertiary/aromatic N) is 3. The van der Waals surface area contributed by atoms with Crippen molar-refractivity contribution in [2.45, 2.75) is 6.54 Å². The highest BCUT2D eigenvalue weighted by Crippen LogP contribution is 2.29. The molecule has 158 valence electrons. The van der Waals surface area contributed by atoms with Gasteiger partial charge in [0, 0.05) is 46.6 Å². The Morgan fingerprint density at radius 2 is 2.00 bits per heavy atom. The average molecular weight is 444 g/mol. The number of rotatable bonds is 6. The van der Waals surface area contributed by atoms with Crippen molar-refractivity contribution in [3.05, 3.63) is 101 Å². The van der Waals surface area contributed by atoms with Crippen molar-refractivity contribution in [1.29, 1.82) is 0 Å². The fraction of sp³-hybridized carbons (Fsp3) is 0.0800. The van der Waals surface area contributed by atoms with Crippen LogP contribution in [0.25, 0.3) is 22.2 Å². The SMILES string of the molecule is COc1ccc2c(c1)c(C(=O)c1nc(-c3cccnc3)co1)cn2Cc1ccc(Cl)cc1. The minimum absolute atomic E-state index is 0.0252. The van der Waals surface area contributed by atoms with E-state index in [2.05, 4.69) is 9.97 Å². The second-order valence-electron chi connectivity index (χ2n) is 7.29. The number of halogens is 1. The van der Waals surface area contributed by atoms with E-state index in [0.717, 1.165) is 22.0 Å². The molecule has 0 atom stereocenters. The number of benzene rings is 2. The molecular weight excluding hydrogens is 426 g/mol. The molecule has 0 aliphatic heterocycles. The van der Waals surface area contributed by atoms with Gasteiger partial charge in [0.1, 0.15) is 17.7 Å². The van der Waals surface area contributed by atoms with Crippen molar-refractivity contribution in [3.8, 4) is 17.0 Å². The summed E-state index contributed by atoms with van der Waals surface area (Å²) in [4.78, 5) is 21.9. The number of hydrogen-bond acceptors (Lipinski definition) is 5. The molecule has 2 aromatic carbocycles. The fourth-order valence-electron chi connectivity index (χ4n) is 3.64. The first-order chi connectivity index (χ1) is 15.6. The Bertz CT molecular complexity index is 1410. The van der Waals surface area contributed by atoms with Gasteiger partial charge in [0.2, 0.25) is 5.78 Å². The molecular formula is C25H18ClN3O3. The standard InChI is InChI=1S/C25H18ClN3O3/c1-31-19-8-9-23-20(11-19)21(14-29(23)13-16-4-6-18(26)7-5-16)24(30)25-28-22(15-32-25)17-3-2-10-27-12-17/h2-12,14-15H,13H2,1H3. The number of aromatic nitrogens is 3. The molecule has 0 radical (unpaired) electrons. The summed E-state index contributed by atoms with van der Waals surface area (Å²) >= 11 is 6.02. The molecule has 0 spiro atoms. The Kier molecular flexibility index (Phi) is 5.21. The van der Waals surface area contributed by atoms with E-state index in [4.69, 9.17) is 20.8 Å². The van der Waals surface area contributed by atoms with Gasteiger partial charge in [0.05, 0.1) is 12.7 Å². The van der Waals surface area contributed by atoms with E-state index >= 15 is 0 Å². The second kappa shape index (κ2) is 8.32. The second-order valence-corrected chi connectivity index (χ2v) is 7.73. The van der Waals surface area contributed by atoms with Crippen molar-refractivity contribution in [2.75, 3.05) is 7.11 Å². The van der Waals surface area contributed by atoms with Crippen LogP contribution in [0.5, 0.6) is 5.75 Å². The number of ketones is 1. The van der Waals surface area contributed by atoms with Gasteiger partial charge in [-0.15, -0.1) is 0 Å². The monoisotopic (exact) mass is 443 g/mol. The third-order valence-electron chi connectivity index (χ3n) is 5.25. The first-order valence-corrected chi connectivity index (χ1v) is 10.3. The van der Waals surface area contributed by atoms with E-state index in [1.165, 1.54) is 6.26 Å². The van der Waals surface area contributed by atoms with E-state index < -0.39 is 0 Å². The van der Waals surface area contributed by atoms with Gasteiger partial charge in [-0.05, 0) is 48.0 Å². The molecule has 0 amide bonds. The Labute approximate surface area is 189 Å². The van der Waals surface area contributed by atoms with E-state index in [-0.39, 0.29) is 11.7 Å². The summed E-state index contributed by atoms with van der Waals surface area (Å²) in [5, 5.41) is 1.45. The first kappa shape index (κ1) is 20.0. The maximum Gasteiger partial charge on any atom is 0.268 e. The van der Waals surface area contributed by atoms with Crippen molar-refractivity contribution in [2.24, 2.45) is 0 Å². The number of carbonyl (C=O) groups is 1. The van der Waals surface area contributed by atoms with Crippen molar-refractivity contribution >= 4 is 28.3 Å². The van der Waals surface area contributed by atoms with Gasteiger partial charge in [-0.25, -0.2) is 4.98 Å². The lowest BCUT2D eigenvalue weighted by molar-refractivity contribution is 0.100. The van der Waals surface area contributed by atoms with Crippen LogP contribution >= 0.6 is 11.6 Å². The van der Waals surface area contributed by atoms with Gasteiger partial charge in [-0.3, -0.25) is 9.78 Å². The number of ether oxygens (including phenoxy) is 1. The maximum atomic E-state index is 13.4. The summed E-state index contributed by atoms with van der Waals surface area (Å²) < 4.78 is 12.9. The van der Waals surface area contributed by atoms with Gasteiger partial charge in [-0.2, -0.15) is 0 Å². The number of oxazole rings is 1. The van der Waals surface area contributed by atoms with Gasteiger partial charge in [0.25, 0.3) is 5.89 Å². The molecule has 0 bridgehead atoms. The molecule has 0 aliphatic carbocycles. The third kappa shape index (κ3) is 3.76. The molecule has 0 saturated carbocycles. The summed E-state index contributed by atoms with van der Waals surface area (Å²) in [6.45, 7) is 0.583. The van der Waals surface area contributed by atoms with Crippen LogP contribution in [0.15, 0.2) is 83.9 Å². The molecule has 0 saturated heterocycles. The Morgan fingerprint density at radius 3 is 2.75 bits per heavy atom. The zero-order valence-corrected chi connectivity index (χ0v) is 17.9. The van der Waals surface area contributed by atoms with Crippen LogP contribution in [0.1, 0.15) is 21.8 Å². The zero-order valence-electron chi connectivity index (χ0n) is 17.2. The fourth-order valence-corrected chi connectivity index (χ4v) is 3.77. The molecule has 0 fully saturated rings. The van der Waals surface area contributed by atoms with Crippen LogP contribution in [-0.4, -0.2) is 27.4 Å². The van der Waals surface area contributed by atoms with Gasteiger partial charge >= 0.3 is 0 Å². The van der Waals surface area contributed by atoms with E-state index in [1.54, 1.807) is 19.5 Å². The number of methoxy groups -OCH3 is 1. The van der Waals surface area contributed by atoms with Gasteiger partial charge in [0.15, 0.2) is 0 Å². The summed E-state index contributed by atoms with van der Waals surface area (Å²) in [6.07, 6.45) is 6.65. The Morgan fingerprint density at radius 1 is 1.16 bits per heavy atom. The lowest BCUT2D eigenvalue weighted by atomic mass is 10.1. The van der Waals surface area contributed by atoms with E-state index in [9.17, 15) is 4.79 Å². The Balaban J connectivity index is 1.56. The molecule has 0 unspecified atom stereocenters. The molecule has 3 aromatic heterocycles. The predicted molar refractivity (Wildman–Crippen MR) is 122 cm³/mol. The van der Waals surface area contributed by atoms with Crippen molar-refractivity contribution < 1.29 is 13.9 Å². The Hall–Kier alpha value is -3.90. The van der Waals surface area contributed by atoms with Crippen LogP contribution in [-0.2, 0) is 6.54 Å². The first-order valence-electron chi connectivity index (χ1n) is 9.94. The molecule has 0 N–H and O–H groups in total. The maximum absolute atomic E-state index is 13.4. The highest BCUT2D eigenvalue weighted by molar-refractivity contribution is 6.30. The summed E-state index contributed by atoms with van der Waals surface area (Å²) in [5.74, 6) is 0.393. The van der Waals surface area contributed by atoms with Gasteiger partial charge < -0.3 is 13.7 Å². The number of fused-ring (bicyclic) bond motifs is 1. The largest absolute Gasteiger partial charge is 0.497 e. The van der Waals surface area contributed by atoms with Crippen LogP contribution in [0.3, 0.4) is 0 Å². The normalized spacial score (nSPS) is 11.1. The highest BCUT2D eigenvalue weighted by Gasteiger charge is 2.22. The van der Waals surface area contributed by atoms with E-state index in [0.29, 0.717) is 28.6 Å². The number of hydrogen-bond donors (Lipinski definition) is 0. The van der Waals surface area contributed by atoms with Crippen molar-refractivity contribution in [3.63, 3.8) is 0 Å². The van der Waals surface area contributed by atoms with Crippen LogP contribution in [0.4, 0.5) is 0 Å². The van der Waals surface area contributed by atoms with Crippen LogP contribution < -0.4 is 4.74 Å².